The van der Waals surface area contributed by atoms with Crippen LogP contribution in [0.4, 0.5) is 0 Å². The molecule has 0 saturated carbocycles. The molecule has 0 aliphatic carbocycles. The molecular formula is C21H17ClN4O2S2. The fourth-order valence-electron chi connectivity index (χ4n) is 3.17. The second kappa shape index (κ2) is 8.29. The number of halogens is 1. The van der Waals surface area contributed by atoms with E-state index in [1.807, 2.05) is 42.5 Å². The Bertz CT molecular complexity index is 1190. The van der Waals surface area contributed by atoms with E-state index in [4.69, 9.17) is 26.1 Å². The Morgan fingerprint density at radius 2 is 1.87 bits per heavy atom. The molecule has 0 bridgehead atoms. The molecule has 2 aromatic carbocycles. The molecule has 3 heterocycles. The Morgan fingerprint density at radius 3 is 2.70 bits per heavy atom. The van der Waals surface area contributed by atoms with Crippen LogP contribution in [0.15, 0.2) is 53.0 Å². The largest absolute Gasteiger partial charge is 0.454 e. The lowest BCUT2D eigenvalue weighted by Gasteiger charge is -2.07. The molecular weight excluding hydrogens is 440 g/mol. The van der Waals surface area contributed by atoms with Crippen LogP contribution in [0, 0.1) is 0 Å². The molecule has 6 nitrogen and oxygen atoms in total. The van der Waals surface area contributed by atoms with Crippen molar-refractivity contribution in [2.45, 2.75) is 24.4 Å². The van der Waals surface area contributed by atoms with Crippen molar-refractivity contribution in [3.8, 4) is 33.5 Å². The number of ether oxygens (including phenoxy) is 2. The molecule has 0 unspecified atom stereocenters. The van der Waals surface area contributed by atoms with Gasteiger partial charge in [-0.05, 0) is 49.4 Å². The van der Waals surface area contributed by atoms with Gasteiger partial charge < -0.3 is 14.0 Å². The second-order valence-electron chi connectivity index (χ2n) is 6.56. The Balaban J connectivity index is 1.32. The summed E-state index contributed by atoms with van der Waals surface area (Å²) in [5.74, 6) is 3.11. The molecule has 0 atom stereocenters. The highest BCUT2D eigenvalue weighted by molar-refractivity contribution is 7.98. The third-order valence-electron chi connectivity index (χ3n) is 4.66. The van der Waals surface area contributed by atoms with E-state index in [0.29, 0.717) is 5.02 Å². The first-order valence-electron chi connectivity index (χ1n) is 9.37. The summed E-state index contributed by atoms with van der Waals surface area (Å²) in [7, 11) is 0. The van der Waals surface area contributed by atoms with Crippen LogP contribution in [0.5, 0.6) is 11.5 Å². The Kier molecular flexibility index (Phi) is 5.37. The van der Waals surface area contributed by atoms with Crippen LogP contribution >= 0.6 is 34.7 Å². The molecule has 1 aliphatic rings. The molecule has 5 rings (SSSR count). The smallest absolute Gasteiger partial charge is 0.231 e. The lowest BCUT2D eigenvalue weighted by molar-refractivity contribution is 0.174. The van der Waals surface area contributed by atoms with Crippen LogP contribution in [-0.4, -0.2) is 26.5 Å². The SMILES string of the molecule is CCn1c(SCc2csc(-c3ccc4c(c3)OCO4)n2)nnc1-c1ccc(Cl)cc1. The highest BCUT2D eigenvalue weighted by Crippen LogP contribution is 2.37. The van der Waals surface area contributed by atoms with E-state index >= 15 is 0 Å². The van der Waals surface area contributed by atoms with Gasteiger partial charge in [0, 0.05) is 33.8 Å². The number of rotatable bonds is 6. The van der Waals surface area contributed by atoms with Gasteiger partial charge >= 0.3 is 0 Å². The van der Waals surface area contributed by atoms with Crippen molar-refractivity contribution in [2.75, 3.05) is 6.79 Å². The summed E-state index contributed by atoms with van der Waals surface area (Å²) in [6.45, 7) is 3.15. The number of benzene rings is 2. The molecule has 30 heavy (non-hydrogen) atoms. The number of thiazole rings is 1. The zero-order valence-corrected chi connectivity index (χ0v) is 18.4. The summed E-state index contributed by atoms with van der Waals surface area (Å²) in [6.07, 6.45) is 0. The zero-order chi connectivity index (χ0) is 20.5. The molecule has 2 aromatic heterocycles. The van der Waals surface area contributed by atoms with Gasteiger partial charge in [-0.2, -0.15) is 0 Å². The van der Waals surface area contributed by atoms with Crippen molar-refractivity contribution in [3.63, 3.8) is 0 Å². The van der Waals surface area contributed by atoms with Crippen LogP contribution in [0.25, 0.3) is 22.0 Å². The fourth-order valence-corrected chi connectivity index (χ4v) is 5.11. The lowest BCUT2D eigenvalue weighted by Crippen LogP contribution is -1.99. The highest BCUT2D eigenvalue weighted by Gasteiger charge is 2.17. The lowest BCUT2D eigenvalue weighted by atomic mass is 10.2. The molecule has 0 saturated heterocycles. The minimum absolute atomic E-state index is 0.272. The number of fused-ring (bicyclic) bond motifs is 1. The van der Waals surface area contributed by atoms with E-state index in [1.165, 1.54) is 0 Å². The normalized spacial score (nSPS) is 12.5. The van der Waals surface area contributed by atoms with E-state index in [-0.39, 0.29) is 6.79 Å². The quantitative estimate of drug-likeness (QED) is 0.343. The summed E-state index contributed by atoms with van der Waals surface area (Å²) in [6, 6.07) is 13.6. The van der Waals surface area contributed by atoms with E-state index in [9.17, 15) is 0 Å². The minimum atomic E-state index is 0.272. The van der Waals surface area contributed by atoms with Crippen LogP contribution in [-0.2, 0) is 12.3 Å². The van der Waals surface area contributed by atoms with Gasteiger partial charge in [-0.25, -0.2) is 4.98 Å². The number of thioether (sulfide) groups is 1. The number of aromatic nitrogens is 4. The van der Waals surface area contributed by atoms with Crippen LogP contribution in [0.3, 0.4) is 0 Å². The third kappa shape index (κ3) is 3.78. The van der Waals surface area contributed by atoms with Crippen molar-refractivity contribution < 1.29 is 9.47 Å². The van der Waals surface area contributed by atoms with Crippen molar-refractivity contribution >= 4 is 34.7 Å². The predicted octanol–water partition coefficient (Wildman–Crippen LogP) is 5.76. The van der Waals surface area contributed by atoms with Crippen LogP contribution in [0.2, 0.25) is 5.02 Å². The minimum Gasteiger partial charge on any atom is -0.454 e. The summed E-state index contributed by atoms with van der Waals surface area (Å²) in [4.78, 5) is 4.78. The average Bonchev–Trinajstić information content (AvgIpc) is 3.51. The zero-order valence-electron chi connectivity index (χ0n) is 16.0. The van der Waals surface area contributed by atoms with Gasteiger partial charge in [-0.15, -0.1) is 21.5 Å². The molecule has 0 spiro atoms. The molecule has 152 valence electrons. The standard InChI is InChI=1S/C21H17ClN4O2S2/c1-2-26-19(13-3-6-15(22)7-4-13)24-25-21(26)30-11-16-10-29-20(23-16)14-5-8-17-18(9-14)28-12-27-17/h3-10H,2,11-12H2,1H3. The van der Waals surface area contributed by atoms with E-state index < -0.39 is 0 Å². The van der Waals surface area contributed by atoms with Gasteiger partial charge in [-0.3, -0.25) is 0 Å². The monoisotopic (exact) mass is 456 g/mol. The van der Waals surface area contributed by atoms with Gasteiger partial charge in [0.15, 0.2) is 22.5 Å². The Hall–Kier alpha value is -2.55. The topological polar surface area (TPSA) is 62.1 Å². The van der Waals surface area contributed by atoms with Crippen molar-refractivity contribution in [1.82, 2.24) is 19.7 Å². The van der Waals surface area contributed by atoms with Crippen LogP contribution < -0.4 is 9.47 Å². The summed E-state index contributed by atoms with van der Waals surface area (Å²) in [5.41, 5.74) is 3.04. The first kappa shape index (κ1) is 19.4. The number of hydrogen-bond donors (Lipinski definition) is 0. The maximum absolute atomic E-state index is 6.00. The summed E-state index contributed by atoms with van der Waals surface area (Å²) >= 11 is 9.26. The molecule has 4 aromatic rings. The van der Waals surface area contributed by atoms with E-state index in [2.05, 4.69) is 27.1 Å². The maximum Gasteiger partial charge on any atom is 0.231 e. The number of hydrogen-bond acceptors (Lipinski definition) is 7. The Labute approximate surface area is 186 Å². The van der Waals surface area contributed by atoms with Crippen molar-refractivity contribution in [1.29, 1.82) is 0 Å². The molecule has 0 fully saturated rings. The van der Waals surface area contributed by atoms with Crippen molar-refractivity contribution in [2.24, 2.45) is 0 Å². The molecule has 0 N–H and O–H groups in total. The molecule has 0 radical (unpaired) electrons. The van der Waals surface area contributed by atoms with Gasteiger partial charge in [-0.1, -0.05) is 23.4 Å². The van der Waals surface area contributed by atoms with Gasteiger partial charge in [0.05, 0.1) is 5.69 Å². The molecule has 1 aliphatic heterocycles. The average molecular weight is 457 g/mol. The third-order valence-corrected chi connectivity index (χ3v) is 6.85. The number of nitrogens with zero attached hydrogens (tertiary/aromatic N) is 4. The first-order valence-corrected chi connectivity index (χ1v) is 11.6. The fraction of sp³-hybridized carbons (Fsp3) is 0.190. The van der Waals surface area contributed by atoms with Gasteiger partial charge in [0.2, 0.25) is 6.79 Å². The van der Waals surface area contributed by atoms with Crippen molar-refractivity contribution in [3.05, 3.63) is 58.6 Å². The first-order chi connectivity index (χ1) is 14.7. The predicted molar refractivity (Wildman–Crippen MR) is 119 cm³/mol. The Morgan fingerprint density at radius 1 is 1.07 bits per heavy atom. The van der Waals surface area contributed by atoms with E-state index in [1.54, 1.807) is 23.1 Å². The second-order valence-corrected chi connectivity index (χ2v) is 8.80. The van der Waals surface area contributed by atoms with Gasteiger partial charge in [0.25, 0.3) is 0 Å². The summed E-state index contributed by atoms with van der Waals surface area (Å²) in [5, 5.41) is 13.4. The van der Waals surface area contributed by atoms with E-state index in [0.717, 1.165) is 56.6 Å². The summed E-state index contributed by atoms with van der Waals surface area (Å²) < 4.78 is 13.0. The highest BCUT2D eigenvalue weighted by atomic mass is 35.5. The van der Waals surface area contributed by atoms with Gasteiger partial charge in [0.1, 0.15) is 5.01 Å². The molecule has 0 amide bonds. The molecule has 9 heteroatoms. The maximum atomic E-state index is 6.00. The van der Waals surface area contributed by atoms with Crippen LogP contribution in [0.1, 0.15) is 12.6 Å².